The Labute approximate surface area is 188 Å². The van der Waals surface area contributed by atoms with Gasteiger partial charge in [-0.2, -0.15) is 0 Å². The van der Waals surface area contributed by atoms with E-state index in [1.54, 1.807) is 18.2 Å². The van der Waals surface area contributed by atoms with Gasteiger partial charge in [0, 0.05) is 18.2 Å². The summed E-state index contributed by atoms with van der Waals surface area (Å²) >= 11 is 6.11. The number of benzene rings is 2. The molecule has 32 heavy (non-hydrogen) atoms. The summed E-state index contributed by atoms with van der Waals surface area (Å²) in [5.74, 6) is -0.781. The summed E-state index contributed by atoms with van der Waals surface area (Å²) < 4.78 is 26.5. The van der Waals surface area contributed by atoms with Gasteiger partial charge in [-0.1, -0.05) is 11.6 Å². The predicted molar refractivity (Wildman–Crippen MR) is 114 cm³/mol. The number of primary amides is 1. The van der Waals surface area contributed by atoms with Gasteiger partial charge in [-0.25, -0.2) is 4.79 Å². The molecule has 3 rings (SSSR count). The van der Waals surface area contributed by atoms with Crippen molar-refractivity contribution in [3.05, 3.63) is 40.9 Å². The van der Waals surface area contributed by atoms with E-state index in [0.717, 1.165) is 6.42 Å². The van der Waals surface area contributed by atoms with Crippen LogP contribution in [-0.4, -0.2) is 51.3 Å². The van der Waals surface area contributed by atoms with Crippen molar-refractivity contribution in [2.45, 2.75) is 6.42 Å². The highest BCUT2D eigenvalue weighted by Crippen LogP contribution is 2.36. The zero-order valence-corrected chi connectivity index (χ0v) is 17.9. The van der Waals surface area contributed by atoms with Crippen LogP contribution in [0.3, 0.4) is 0 Å². The maximum Gasteiger partial charge on any atom is 0.338 e. The molecule has 0 fully saturated rings. The molecular weight excluding hydrogens is 444 g/mol. The fourth-order valence-corrected chi connectivity index (χ4v) is 3.04. The zero-order chi connectivity index (χ0) is 23.1. The van der Waals surface area contributed by atoms with E-state index in [2.05, 4.69) is 5.32 Å². The van der Waals surface area contributed by atoms with Gasteiger partial charge in [-0.15, -0.1) is 0 Å². The van der Waals surface area contributed by atoms with Gasteiger partial charge in [0.1, 0.15) is 0 Å². The van der Waals surface area contributed by atoms with Gasteiger partial charge in [-0.05, 0) is 24.3 Å². The number of halogens is 1. The molecule has 2 aromatic rings. The van der Waals surface area contributed by atoms with E-state index < -0.39 is 31.0 Å². The topological polar surface area (TPSA) is 135 Å². The molecule has 11 heteroatoms. The lowest BCUT2D eigenvalue weighted by molar-refractivity contribution is -0.120. The first-order valence-corrected chi connectivity index (χ1v) is 9.90. The van der Waals surface area contributed by atoms with Crippen molar-refractivity contribution < 1.29 is 38.1 Å². The summed E-state index contributed by atoms with van der Waals surface area (Å²) in [7, 11) is 1.33. The van der Waals surface area contributed by atoms with Crippen LogP contribution in [0.4, 0.5) is 5.69 Å². The highest BCUT2D eigenvalue weighted by Gasteiger charge is 2.19. The van der Waals surface area contributed by atoms with Crippen LogP contribution >= 0.6 is 11.6 Å². The Hall–Kier alpha value is -3.66. The van der Waals surface area contributed by atoms with Crippen molar-refractivity contribution >= 4 is 35.1 Å². The quantitative estimate of drug-likeness (QED) is 0.567. The molecule has 170 valence electrons. The smallest absolute Gasteiger partial charge is 0.338 e. The summed E-state index contributed by atoms with van der Waals surface area (Å²) in [6.45, 7) is 0.120. The number of anilines is 1. The predicted octanol–water partition coefficient (Wildman–Crippen LogP) is 2.17. The Bertz CT molecular complexity index is 1030. The Balaban J connectivity index is 1.60. The fraction of sp³-hybridized carbons (Fsp3) is 0.286. The van der Waals surface area contributed by atoms with Gasteiger partial charge < -0.3 is 34.7 Å². The Morgan fingerprint density at radius 1 is 1.09 bits per heavy atom. The van der Waals surface area contributed by atoms with Gasteiger partial charge in [0.2, 0.25) is 0 Å². The third-order valence-electron chi connectivity index (χ3n) is 4.19. The Morgan fingerprint density at radius 3 is 2.56 bits per heavy atom. The van der Waals surface area contributed by atoms with E-state index in [1.807, 2.05) is 0 Å². The first-order valence-electron chi connectivity index (χ1n) is 9.52. The first-order chi connectivity index (χ1) is 15.4. The molecule has 1 aliphatic rings. The van der Waals surface area contributed by atoms with Gasteiger partial charge in [0.05, 0.1) is 30.9 Å². The van der Waals surface area contributed by atoms with Crippen LogP contribution in [0, 0.1) is 0 Å². The molecule has 0 atom stereocenters. The number of hydrogen-bond acceptors (Lipinski definition) is 8. The largest absolute Gasteiger partial charge is 0.493 e. The lowest BCUT2D eigenvalue weighted by Gasteiger charge is -2.13. The molecule has 2 amide bonds. The molecule has 2 aromatic carbocycles. The van der Waals surface area contributed by atoms with Crippen molar-refractivity contribution in [3.63, 3.8) is 0 Å². The van der Waals surface area contributed by atoms with Gasteiger partial charge in [0.15, 0.2) is 36.2 Å². The number of rotatable bonds is 8. The Morgan fingerprint density at radius 2 is 1.84 bits per heavy atom. The number of ether oxygens (including phenoxy) is 5. The number of methoxy groups -OCH3 is 1. The van der Waals surface area contributed by atoms with E-state index in [9.17, 15) is 14.4 Å². The molecule has 0 aliphatic carbocycles. The molecule has 3 N–H and O–H groups in total. The van der Waals surface area contributed by atoms with Crippen molar-refractivity contribution in [1.29, 1.82) is 0 Å². The van der Waals surface area contributed by atoms with Crippen molar-refractivity contribution in [3.8, 4) is 23.0 Å². The number of amides is 2. The molecule has 0 bridgehead atoms. The van der Waals surface area contributed by atoms with Gasteiger partial charge >= 0.3 is 5.97 Å². The minimum absolute atomic E-state index is 0.00852. The third-order valence-corrected chi connectivity index (χ3v) is 4.47. The normalized spacial score (nSPS) is 12.3. The van der Waals surface area contributed by atoms with E-state index in [0.29, 0.717) is 30.4 Å². The van der Waals surface area contributed by atoms with Gasteiger partial charge in [0.25, 0.3) is 11.8 Å². The number of hydrogen-bond donors (Lipinski definition) is 2. The SMILES string of the molecule is COc1cc(C(=O)OCC(=O)Nc2ccc3c(c2)OCCCO3)cc(Cl)c1OCC(N)=O. The average molecular weight is 465 g/mol. The highest BCUT2D eigenvalue weighted by atomic mass is 35.5. The monoisotopic (exact) mass is 464 g/mol. The molecule has 1 aliphatic heterocycles. The van der Waals surface area contributed by atoms with E-state index in [4.69, 9.17) is 41.0 Å². The van der Waals surface area contributed by atoms with Crippen molar-refractivity contribution in [2.24, 2.45) is 5.73 Å². The second-order valence-electron chi connectivity index (χ2n) is 6.58. The van der Waals surface area contributed by atoms with E-state index >= 15 is 0 Å². The fourth-order valence-electron chi connectivity index (χ4n) is 2.77. The van der Waals surface area contributed by atoms with Crippen molar-refractivity contribution in [1.82, 2.24) is 0 Å². The molecule has 0 aromatic heterocycles. The molecule has 1 heterocycles. The lowest BCUT2D eigenvalue weighted by atomic mass is 10.2. The number of carbonyl (C=O) groups excluding carboxylic acids is 3. The molecule has 0 radical (unpaired) electrons. The standard InChI is InChI=1S/C21H21ClN2O8/c1-28-17-8-12(7-14(22)20(17)31-10-18(23)25)21(27)32-11-19(26)24-13-3-4-15-16(9-13)30-6-2-5-29-15/h3-4,7-9H,2,5-6,10-11H2,1H3,(H2,23,25)(H,24,26). The highest BCUT2D eigenvalue weighted by molar-refractivity contribution is 6.32. The Kier molecular flexibility index (Phi) is 7.61. The lowest BCUT2D eigenvalue weighted by Crippen LogP contribution is -2.21. The third kappa shape index (κ3) is 5.94. The number of esters is 1. The molecule has 0 spiro atoms. The average Bonchev–Trinajstić information content (AvgIpc) is 3.01. The van der Waals surface area contributed by atoms with Crippen LogP contribution in [0.25, 0.3) is 0 Å². The molecule has 10 nitrogen and oxygen atoms in total. The second-order valence-corrected chi connectivity index (χ2v) is 6.99. The van der Waals surface area contributed by atoms with Crippen LogP contribution in [-0.2, 0) is 14.3 Å². The minimum atomic E-state index is -0.805. The van der Waals surface area contributed by atoms with Crippen LogP contribution in [0.2, 0.25) is 5.02 Å². The minimum Gasteiger partial charge on any atom is -0.493 e. The van der Waals surface area contributed by atoms with Crippen LogP contribution in [0.15, 0.2) is 30.3 Å². The van der Waals surface area contributed by atoms with E-state index in [1.165, 1.54) is 19.2 Å². The number of fused-ring (bicyclic) bond motifs is 1. The molecule has 0 saturated heterocycles. The second kappa shape index (κ2) is 10.6. The molecular formula is C21H21ClN2O8. The zero-order valence-electron chi connectivity index (χ0n) is 17.1. The summed E-state index contributed by atoms with van der Waals surface area (Å²) in [5, 5.41) is 2.63. The number of carbonyl (C=O) groups is 3. The maximum atomic E-state index is 12.4. The maximum absolute atomic E-state index is 12.4. The van der Waals surface area contributed by atoms with Crippen LogP contribution in [0.5, 0.6) is 23.0 Å². The summed E-state index contributed by atoms with van der Waals surface area (Å²) in [6, 6.07) is 7.56. The number of nitrogens with one attached hydrogen (secondary N) is 1. The number of nitrogens with two attached hydrogens (primary N) is 1. The van der Waals surface area contributed by atoms with E-state index in [-0.39, 0.29) is 22.1 Å². The summed E-state index contributed by atoms with van der Waals surface area (Å²) in [5.41, 5.74) is 5.55. The van der Waals surface area contributed by atoms with Crippen LogP contribution in [0.1, 0.15) is 16.8 Å². The van der Waals surface area contributed by atoms with Gasteiger partial charge in [-0.3, -0.25) is 9.59 Å². The van der Waals surface area contributed by atoms with Crippen molar-refractivity contribution in [2.75, 3.05) is 38.9 Å². The molecule has 0 saturated carbocycles. The molecule has 0 unspecified atom stereocenters. The summed E-state index contributed by atoms with van der Waals surface area (Å²) in [6.07, 6.45) is 0.763. The van der Waals surface area contributed by atoms with Crippen LogP contribution < -0.4 is 30.0 Å². The first kappa shape index (κ1) is 23.0. The summed E-state index contributed by atoms with van der Waals surface area (Å²) in [4.78, 5) is 35.5.